The van der Waals surface area contributed by atoms with E-state index in [1.807, 2.05) is 30.3 Å². The summed E-state index contributed by atoms with van der Waals surface area (Å²) in [7, 11) is 0. The molecule has 1 nitrogen and oxygen atoms in total. The zero-order valence-electron chi connectivity index (χ0n) is 8.52. The van der Waals surface area contributed by atoms with E-state index in [0.717, 1.165) is 17.6 Å². The maximum absolute atomic E-state index is 5.54. The van der Waals surface area contributed by atoms with Crippen molar-refractivity contribution in [3.63, 3.8) is 0 Å². The molecular weight excluding hydrogens is 184 g/mol. The molecule has 0 bridgehead atoms. The van der Waals surface area contributed by atoms with E-state index in [9.17, 15) is 0 Å². The Bertz CT molecular complexity index is 466. The fraction of sp³-hybridized carbons (Fsp3) is 0.0714. The molecule has 0 amide bonds. The van der Waals surface area contributed by atoms with Gasteiger partial charge in [-0.1, -0.05) is 36.4 Å². The molecule has 1 radical (unpaired) electrons. The fourth-order valence-electron chi connectivity index (χ4n) is 1.49. The Morgan fingerprint density at radius 3 is 2.73 bits per heavy atom. The van der Waals surface area contributed by atoms with Crippen molar-refractivity contribution in [2.45, 2.75) is 6.42 Å². The van der Waals surface area contributed by atoms with Crippen molar-refractivity contribution < 1.29 is 4.74 Å². The van der Waals surface area contributed by atoms with Crippen LogP contribution < -0.4 is 4.74 Å². The zero-order chi connectivity index (χ0) is 10.5. The smallest absolute Gasteiger partial charge is 0.134 e. The predicted molar refractivity (Wildman–Crippen MR) is 63.7 cm³/mol. The molecule has 15 heavy (non-hydrogen) atoms. The first-order chi connectivity index (χ1) is 7.42. The minimum atomic E-state index is 0.741. The van der Waals surface area contributed by atoms with E-state index in [1.165, 1.54) is 5.39 Å². The largest absolute Gasteiger partial charge is 0.465 e. The second-order valence-electron chi connectivity index (χ2n) is 3.26. The summed E-state index contributed by atoms with van der Waals surface area (Å²) >= 11 is 0. The molecular formula is C14H13O. The van der Waals surface area contributed by atoms with Crippen molar-refractivity contribution in [1.29, 1.82) is 0 Å². The van der Waals surface area contributed by atoms with Gasteiger partial charge in [0.05, 0.1) is 6.26 Å². The van der Waals surface area contributed by atoms with Crippen LogP contribution in [0.1, 0.15) is 6.42 Å². The number of ether oxygens (including phenoxy) is 1. The lowest BCUT2D eigenvalue weighted by atomic mass is 10.1. The van der Waals surface area contributed by atoms with Gasteiger partial charge in [0.25, 0.3) is 0 Å². The van der Waals surface area contributed by atoms with Gasteiger partial charge in [-0.25, -0.2) is 0 Å². The van der Waals surface area contributed by atoms with Crippen LogP contribution in [-0.4, -0.2) is 0 Å². The lowest BCUT2D eigenvalue weighted by Gasteiger charge is -2.04. The van der Waals surface area contributed by atoms with Gasteiger partial charge < -0.3 is 4.74 Å². The number of benzene rings is 2. The molecule has 0 spiro atoms. The highest BCUT2D eigenvalue weighted by molar-refractivity contribution is 5.88. The van der Waals surface area contributed by atoms with Crippen molar-refractivity contribution in [1.82, 2.24) is 0 Å². The number of allylic oxidation sites excluding steroid dienone is 1. The third-order valence-electron chi connectivity index (χ3n) is 2.21. The summed E-state index contributed by atoms with van der Waals surface area (Å²) in [6.45, 7) is 3.71. The van der Waals surface area contributed by atoms with Gasteiger partial charge >= 0.3 is 0 Å². The molecule has 0 aromatic heterocycles. The molecule has 75 valence electrons. The molecule has 0 aliphatic carbocycles. The van der Waals surface area contributed by atoms with Crippen molar-refractivity contribution in [2.24, 2.45) is 0 Å². The summed E-state index contributed by atoms with van der Waals surface area (Å²) in [6, 6.07) is 14.2. The third-order valence-corrected chi connectivity index (χ3v) is 2.21. The number of rotatable bonds is 3. The van der Waals surface area contributed by atoms with Crippen LogP contribution in [0.25, 0.3) is 10.8 Å². The molecule has 0 N–H and O–H groups in total. The molecule has 0 fully saturated rings. The molecule has 0 atom stereocenters. The predicted octanol–water partition coefficient (Wildman–Crippen LogP) is 3.96. The van der Waals surface area contributed by atoms with E-state index in [2.05, 4.69) is 25.1 Å². The topological polar surface area (TPSA) is 9.23 Å². The molecule has 1 heteroatoms. The molecule has 2 aromatic carbocycles. The summed E-state index contributed by atoms with van der Waals surface area (Å²) in [5.41, 5.74) is 0. The summed E-state index contributed by atoms with van der Waals surface area (Å²) in [5.74, 6) is 0.887. The first kappa shape index (κ1) is 9.78. The Balaban J connectivity index is 2.38. The van der Waals surface area contributed by atoms with E-state index in [4.69, 9.17) is 4.74 Å². The number of hydrogen-bond acceptors (Lipinski definition) is 1. The van der Waals surface area contributed by atoms with Gasteiger partial charge in [-0.05, 0) is 30.9 Å². The van der Waals surface area contributed by atoms with Gasteiger partial charge in [0, 0.05) is 5.39 Å². The van der Waals surface area contributed by atoms with Crippen molar-refractivity contribution in [3.05, 3.63) is 61.7 Å². The van der Waals surface area contributed by atoms with Crippen molar-refractivity contribution >= 4 is 10.8 Å². The molecule has 0 saturated carbocycles. The second-order valence-corrected chi connectivity index (χ2v) is 3.26. The van der Waals surface area contributed by atoms with Crippen LogP contribution in [0.5, 0.6) is 5.75 Å². The molecule has 0 unspecified atom stereocenters. The first-order valence-corrected chi connectivity index (χ1v) is 5.00. The Morgan fingerprint density at radius 1 is 1.07 bits per heavy atom. The van der Waals surface area contributed by atoms with Gasteiger partial charge in [-0.15, -0.1) is 0 Å². The van der Waals surface area contributed by atoms with Gasteiger partial charge in [-0.3, -0.25) is 0 Å². The van der Waals surface area contributed by atoms with Crippen LogP contribution in [0.2, 0.25) is 0 Å². The molecule has 0 aliphatic heterocycles. The van der Waals surface area contributed by atoms with Crippen molar-refractivity contribution in [2.75, 3.05) is 0 Å². The SMILES string of the molecule is [CH2]CC=COc1cccc2ccccc12. The molecule has 0 aliphatic rings. The highest BCUT2D eigenvalue weighted by Crippen LogP contribution is 2.25. The van der Waals surface area contributed by atoms with Crippen LogP contribution in [0.4, 0.5) is 0 Å². The summed E-state index contributed by atoms with van der Waals surface area (Å²) in [5, 5.41) is 2.33. The Morgan fingerprint density at radius 2 is 1.87 bits per heavy atom. The Kier molecular flexibility index (Phi) is 3.03. The second kappa shape index (κ2) is 4.65. The van der Waals surface area contributed by atoms with E-state index in [1.54, 1.807) is 6.26 Å². The molecule has 0 heterocycles. The van der Waals surface area contributed by atoms with Crippen LogP contribution >= 0.6 is 0 Å². The highest BCUT2D eigenvalue weighted by Gasteiger charge is 1.98. The van der Waals surface area contributed by atoms with Gasteiger partial charge in [0.2, 0.25) is 0 Å². The monoisotopic (exact) mass is 197 g/mol. The van der Waals surface area contributed by atoms with Gasteiger partial charge in [0.15, 0.2) is 0 Å². The molecule has 2 aromatic rings. The number of hydrogen-bond donors (Lipinski definition) is 0. The van der Waals surface area contributed by atoms with Gasteiger partial charge in [0.1, 0.15) is 5.75 Å². The average molecular weight is 197 g/mol. The quantitative estimate of drug-likeness (QED) is 0.677. The Labute approximate surface area is 90.0 Å². The maximum atomic E-state index is 5.54. The summed E-state index contributed by atoms with van der Waals surface area (Å²) < 4.78 is 5.54. The van der Waals surface area contributed by atoms with E-state index in [-0.39, 0.29) is 0 Å². The van der Waals surface area contributed by atoms with Crippen LogP contribution in [0, 0.1) is 6.92 Å². The zero-order valence-corrected chi connectivity index (χ0v) is 8.52. The fourth-order valence-corrected chi connectivity index (χ4v) is 1.49. The van der Waals surface area contributed by atoms with Crippen LogP contribution in [-0.2, 0) is 0 Å². The van der Waals surface area contributed by atoms with Gasteiger partial charge in [-0.2, -0.15) is 0 Å². The standard InChI is InChI=1S/C14H13O/c1-2-3-11-15-14-10-6-8-12-7-4-5-9-13(12)14/h3-11H,1-2H2. The highest BCUT2D eigenvalue weighted by atomic mass is 16.5. The third kappa shape index (κ3) is 2.18. The van der Waals surface area contributed by atoms with Crippen LogP contribution in [0.15, 0.2) is 54.8 Å². The Hall–Kier alpha value is -1.76. The molecule has 2 rings (SSSR count). The maximum Gasteiger partial charge on any atom is 0.134 e. The minimum absolute atomic E-state index is 0.741. The lowest BCUT2D eigenvalue weighted by Crippen LogP contribution is -1.83. The number of fused-ring (bicyclic) bond motifs is 1. The molecule has 0 saturated heterocycles. The normalized spacial score (nSPS) is 11.0. The average Bonchev–Trinajstić information content (AvgIpc) is 2.30. The van der Waals surface area contributed by atoms with E-state index in [0.29, 0.717) is 0 Å². The van der Waals surface area contributed by atoms with E-state index < -0.39 is 0 Å². The van der Waals surface area contributed by atoms with Crippen molar-refractivity contribution in [3.8, 4) is 5.75 Å². The minimum Gasteiger partial charge on any atom is -0.465 e. The summed E-state index contributed by atoms with van der Waals surface area (Å²) in [6.07, 6.45) is 4.32. The lowest BCUT2D eigenvalue weighted by molar-refractivity contribution is 0.485. The van der Waals surface area contributed by atoms with E-state index >= 15 is 0 Å². The summed E-state index contributed by atoms with van der Waals surface area (Å²) in [4.78, 5) is 0. The first-order valence-electron chi connectivity index (χ1n) is 5.00. The van der Waals surface area contributed by atoms with Crippen LogP contribution in [0.3, 0.4) is 0 Å².